The van der Waals surface area contributed by atoms with Gasteiger partial charge in [0.05, 0.1) is 10.6 Å². The van der Waals surface area contributed by atoms with Crippen LogP contribution in [0.5, 0.6) is 0 Å². The zero-order valence-electron chi connectivity index (χ0n) is 16.5. The van der Waals surface area contributed by atoms with Crippen LogP contribution in [0, 0.1) is 6.92 Å². The number of nitrogens with zero attached hydrogens (tertiary/aromatic N) is 2. The molecular formula is C23H21ClN2O3S. The van der Waals surface area contributed by atoms with Gasteiger partial charge in [-0.2, -0.15) is 0 Å². The molecular weight excluding hydrogens is 420 g/mol. The second-order valence-electron chi connectivity index (χ2n) is 7.13. The smallest absolute Gasteiger partial charge is 0.264 e. The third-order valence-corrected chi connectivity index (χ3v) is 7.49. The van der Waals surface area contributed by atoms with Crippen molar-refractivity contribution in [3.63, 3.8) is 0 Å². The predicted octanol–water partition coefficient (Wildman–Crippen LogP) is 4.43. The SMILES string of the molecule is Cc1c(Cl)cccc1N(CC(=O)N1CCc2ccccc21)S(=O)(=O)c1ccccc1. The maximum atomic E-state index is 13.5. The molecule has 1 amide bonds. The summed E-state index contributed by atoms with van der Waals surface area (Å²) >= 11 is 6.27. The van der Waals surface area contributed by atoms with Gasteiger partial charge in [-0.15, -0.1) is 0 Å². The van der Waals surface area contributed by atoms with Gasteiger partial charge in [0.1, 0.15) is 6.54 Å². The lowest BCUT2D eigenvalue weighted by Crippen LogP contribution is -2.43. The average molecular weight is 441 g/mol. The van der Waals surface area contributed by atoms with Crippen LogP contribution >= 0.6 is 11.6 Å². The molecule has 0 spiro atoms. The van der Waals surface area contributed by atoms with Gasteiger partial charge in [0.2, 0.25) is 5.91 Å². The Balaban J connectivity index is 1.75. The Morgan fingerprint density at radius 3 is 2.47 bits per heavy atom. The molecule has 7 heteroatoms. The van der Waals surface area contributed by atoms with Crippen LogP contribution in [0.1, 0.15) is 11.1 Å². The molecule has 0 aromatic heterocycles. The first kappa shape index (κ1) is 20.4. The van der Waals surface area contributed by atoms with E-state index < -0.39 is 10.0 Å². The van der Waals surface area contributed by atoms with E-state index >= 15 is 0 Å². The molecule has 30 heavy (non-hydrogen) atoms. The number of para-hydroxylation sites is 1. The van der Waals surface area contributed by atoms with E-state index in [0.717, 1.165) is 22.0 Å². The number of fused-ring (bicyclic) bond motifs is 1. The van der Waals surface area contributed by atoms with Crippen molar-refractivity contribution in [1.82, 2.24) is 0 Å². The Kier molecular flexibility index (Phi) is 5.54. The Bertz CT molecular complexity index is 1200. The molecule has 0 aliphatic carbocycles. The van der Waals surface area contributed by atoms with Crippen molar-refractivity contribution < 1.29 is 13.2 Å². The van der Waals surface area contributed by atoms with Crippen LogP contribution in [0.25, 0.3) is 0 Å². The van der Waals surface area contributed by atoms with Crippen molar-refractivity contribution in [3.05, 3.63) is 88.9 Å². The van der Waals surface area contributed by atoms with Crippen molar-refractivity contribution >= 4 is 38.9 Å². The minimum Gasteiger partial charge on any atom is -0.310 e. The van der Waals surface area contributed by atoms with Crippen LogP contribution in [0.4, 0.5) is 11.4 Å². The molecule has 0 bridgehead atoms. The van der Waals surface area contributed by atoms with Crippen molar-refractivity contribution in [2.75, 3.05) is 22.3 Å². The van der Waals surface area contributed by atoms with E-state index in [0.29, 0.717) is 22.8 Å². The summed E-state index contributed by atoms with van der Waals surface area (Å²) in [6.07, 6.45) is 0.754. The highest BCUT2D eigenvalue weighted by atomic mass is 35.5. The van der Waals surface area contributed by atoms with E-state index in [2.05, 4.69) is 0 Å². The van der Waals surface area contributed by atoms with Gasteiger partial charge in [0.25, 0.3) is 10.0 Å². The summed E-state index contributed by atoms with van der Waals surface area (Å²) in [6, 6.07) is 20.9. The number of carbonyl (C=O) groups is 1. The number of sulfonamides is 1. The molecule has 0 unspecified atom stereocenters. The van der Waals surface area contributed by atoms with E-state index in [4.69, 9.17) is 11.6 Å². The summed E-state index contributed by atoms with van der Waals surface area (Å²) in [7, 11) is -3.97. The van der Waals surface area contributed by atoms with Crippen molar-refractivity contribution in [2.24, 2.45) is 0 Å². The van der Waals surface area contributed by atoms with Crippen LogP contribution in [0.15, 0.2) is 77.7 Å². The van der Waals surface area contributed by atoms with E-state index in [1.807, 2.05) is 24.3 Å². The molecule has 0 radical (unpaired) electrons. The van der Waals surface area contributed by atoms with Gasteiger partial charge in [0.15, 0.2) is 0 Å². The third kappa shape index (κ3) is 3.68. The fourth-order valence-corrected chi connectivity index (χ4v) is 5.35. The monoisotopic (exact) mass is 440 g/mol. The van der Waals surface area contributed by atoms with Gasteiger partial charge < -0.3 is 4.90 Å². The van der Waals surface area contributed by atoms with Crippen molar-refractivity contribution in [2.45, 2.75) is 18.2 Å². The number of hydrogen-bond acceptors (Lipinski definition) is 3. The van der Waals surface area contributed by atoms with Gasteiger partial charge in [-0.25, -0.2) is 8.42 Å². The Morgan fingerprint density at radius 1 is 1.00 bits per heavy atom. The Morgan fingerprint density at radius 2 is 1.70 bits per heavy atom. The number of hydrogen-bond donors (Lipinski definition) is 0. The van der Waals surface area contributed by atoms with Crippen LogP contribution in [0.2, 0.25) is 5.02 Å². The standard InChI is InChI=1S/C23H21ClN2O3S/c1-17-20(24)11-7-13-21(17)26(30(28,29)19-9-3-2-4-10-19)16-23(27)25-15-14-18-8-5-6-12-22(18)25/h2-13H,14-16H2,1H3. The molecule has 4 rings (SSSR count). The maximum absolute atomic E-state index is 13.5. The summed E-state index contributed by atoms with van der Waals surface area (Å²) in [5.41, 5.74) is 2.92. The highest BCUT2D eigenvalue weighted by Crippen LogP contribution is 2.32. The fourth-order valence-electron chi connectivity index (χ4n) is 3.69. The van der Waals surface area contributed by atoms with Crippen LogP contribution < -0.4 is 9.21 Å². The molecule has 0 fully saturated rings. The molecule has 0 atom stereocenters. The van der Waals surface area contributed by atoms with E-state index in [9.17, 15) is 13.2 Å². The molecule has 3 aromatic rings. The summed E-state index contributed by atoms with van der Waals surface area (Å²) < 4.78 is 28.2. The predicted molar refractivity (Wildman–Crippen MR) is 120 cm³/mol. The number of carbonyl (C=O) groups excluding carboxylic acids is 1. The minimum absolute atomic E-state index is 0.124. The first-order chi connectivity index (χ1) is 14.4. The first-order valence-corrected chi connectivity index (χ1v) is 11.4. The third-order valence-electron chi connectivity index (χ3n) is 5.31. The molecule has 1 heterocycles. The van der Waals surface area contributed by atoms with Crippen molar-refractivity contribution in [3.8, 4) is 0 Å². The molecule has 1 aliphatic rings. The quantitative estimate of drug-likeness (QED) is 0.589. The Labute approximate surface area is 181 Å². The molecule has 5 nitrogen and oxygen atoms in total. The van der Waals surface area contributed by atoms with Gasteiger partial charge in [-0.05, 0) is 54.8 Å². The van der Waals surface area contributed by atoms with Crippen LogP contribution in [-0.4, -0.2) is 27.4 Å². The first-order valence-electron chi connectivity index (χ1n) is 9.61. The molecule has 0 N–H and O–H groups in total. The molecule has 0 saturated carbocycles. The Hall–Kier alpha value is -2.83. The van der Waals surface area contributed by atoms with Gasteiger partial charge >= 0.3 is 0 Å². The zero-order chi connectivity index (χ0) is 21.3. The van der Waals surface area contributed by atoms with E-state index in [-0.39, 0.29) is 17.3 Å². The van der Waals surface area contributed by atoms with Crippen LogP contribution in [-0.2, 0) is 21.2 Å². The average Bonchev–Trinajstić information content (AvgIpc) is 3.19. The van der Waals surface area contributed by atoms with E-state index in [1.54, 1.807) is 48.2 Å². The van der Waals surface area contributed by atoms with Gasteiger partial charge in [-0.3, -0.25) is 9.10 Å². The number of halogens is 1. The largest absolute Gasteiger partial charge is 0.310 e. The second kappa shape index (κ2) is 8.13. The highest BCUT2D eigenvalue weighted by Gasteiger charge is 2.32. The highest BCUT2D eigenvalue weighted by molar-refractivity contribution is 7.92. The van der Waals surface area contributed by atoms with Crippen molar-refractivity contribution in [1.29, 1.82) is 0 Å². The molecule has 0 saturated heterocycles. The normalized spacial score (nSPS) is 13.2. The lowest BCUT2D eigenvalue weighted by Gasteiger charge is -2.28. The minimum atomic E-state index is -3.97. The topological polar surface area (TPSA) is 57.7 Å². The number of benzene rings is 3. The lowest BCUT2D eigenvalue weighted by molar-refractivity contribution is -0.117. The summed E-state index contributed by atoms with van der Waals surface area (Å²) in [4.78, 5) is 15.0. The molecule has 1 aliphatic heterocycles. The van der Waals surface area contributed by atoms with Gasteiger partial charge in [0, 0.05) is 17.3 Å². The van der Waals surface area contributed by atoms with Crippen LogP contribution in [0.3, 0.4) is 0 Å². The summed E-state index contributed by atoms with van der Waals surface area (Å²) in [5, 5.41) is 0.444. The molecule has 3 aromatic carbocycles. The number of anilines is 2. The molecule has 154 valence electrons. The maximum Gasteiger partial charge on any atom is 0.264 e. The number of amides is 1. The fraction of sp³-hybridized carbons (Fsp3) is 0.174. The lowest BCUT2D eigenvalue weighted by atomic mass is 10.2. The summed E-state index contributed by atoms with van der Waals surface area (Å²) in [6.45, 7) is 1.97. The second-order valence-corrected chi connectivity index (χ2v) is 9.40. The van der Waals surface area contributed by atoms with E-state index in [1.165, 1.54) is 12.1 Å². The summed E-state index contributed by atoms with van der Waals surface area (Å²) in [5.74, 6) is -0.279. The zero-order valence-corrected chi connectivity index (χ0v) is 18.0. The van der Waals surface area contributed by atoms with Gasteiger partial charge in [-0.1, -0.05) is 54.1 Å². The number of rotatable bonds is 5.